The van der Waals surface area contributed by atoms with E-state index in [0.717, 1.165) is 20.9 Å². The summed E-state index contributed by atoms with van der Waals surface area (Å²) in [5.41, 5.74) is 0.855. The van der Waals surface area contributed by atoms with Gasteiger partial charge in [0.1, 0.15) is 9.75 Å². The first-order chi connectivity index (χ1) is 13.3. The highest BCUT2D eigenvalue weighted by Gasteiger charge is 2.47. The predicted octanol–water partition coefficient (Wildman–Crippen LogP) is 3.20. The summed E-state index contributed by atoms with van der Waals surface area (Å²) in [5, 5.41) is 33.9. The molecule has 146 valence electrons. The minimum absolute atomic E-state index is 0.221. The largest absolute Gasteiger partial charge is 0.477 e. The molecule has 0 bridgehead atoms. The third-order valence-electron chi connectivity index (χ3n) is 4.98. The average molecular weight is 419 g/mol. The average Bonchev–Trinajstić information content (AvgIpc) is 3.35. The van der Waals surface area contributed by atoms with Gasteiger partial charge in [0, 0.05) is 9.75 Å². The van der Waals surface area contributed by atoms with E-state index >= 15 is 0 Å². The lowest BCUT2D eigenvalue weighted by Crippen LogP contribution is -2.33. The molecule has 0 unspecified atom stereocenters. The lowest BCUT2D eigenvalue weighted by atomic mass is 9.69. The number of thiophene rings is 2. The van der Waals surface area contributed by atoms with Crippen LogP contribution in [0.15, 0.2) is 12.1 Å². The molecule has 0 fully saturated rings. The molecule has 0 atom stereocenters. The summed E-state index contributed by atoms with van der Waals surface area (Å²) >= 11 is 2.54. The molecule has 3 N–H and O–H groups in total. The quantitative estimate of drug-likeness (QED) is 0.580. The van der Waals surface area contributed by atoms with Crippen LogP contribution in [0.4, 0.5) is 0 Å². The molecule has 0 aromatic carbocycles. The standard InChI is InChI=1S/C18H18N4O4S2/c1-8(2)7-18(17-19-21-22-20-17)9-5-13(15(23)24)27-11(9)3-4-12-10(18)6-14(28-12)16(25)26/h5-6,8H,3-4,7H2,1-2H3,(H,23,24)(H,25,26)(H,19,20,21,22). The lowest BCUT2D eigenvalue weighted by molar-refractivity contribution is 0.0691. The van der Waals surface area contributed by atoms with E-state index in [-0.39, 0.29) is 15.7 Å². The fourth-order valence-electron chi connectivity index (χ4n) is 4.04. The van der Waals surface area contributed by atoms with Crippen LogP contribution >= 0.6 is 22.7 Å². The van der Waals surface area contributed by atoms with Crippen molar-refractivity contribution < 1.29 is 19.8 Å². The van der Waals surface area contributed by atoms with Gasteiger partial charge in [-0.05, 0) is 48.4 Å². The van der Waals surface area contributed by atoms with Gasteiger partial charge in [0.2, 0.25) is 0 Å². The van der Waals surface area contributed by atoms with Gasteiger partial charge in [-0.25, -0.2) is 9.59 Å². The zero-order chi connectivity index (χ0) is 20.1. The summed E-state index contributed by atoms with van der Waals surface area (Å²) in [6.45, 7) is 4.14. The van der Waals surface area contributed by atoms with E-state index in [1.165, 1.54) is 22.7 Å². The number of hydrogen-bond donors (Lipinski definition) is 3. The van der Waals surface area contributed by atoms with Crippen LogP contribution in [0.25, 0.3) is 0 Å². The number of carboxylic acid groups (broad SMARTS) is 2. The van der Waals surface area contributed by atoms with E-state index in [2.05, 4.69) is 34.5 Å². The molecule has 3 aromatic rings. The molecule has 0 radical (unpaired) electrons. The van der Waals surface area contributed by atoms with Gasteiger partial charge in [0.15, 0.2) is 5.82 Å². The first kappa shape index (κ1) is 18.8. The zero-order valence-electron chi connectivity index (χ0n) is 15.2. The highest BCUT2D eigenvalue weighted by Crippen LogP contribution is 2.51. The monoisotopic (exact) mass is 418 g/mol. The maximum Gasteiger partial charge on any atom is 0.345 e. The Morgan fingerprint density at radius 1 is 1.11 bits per heavy atom. The molecule has 4 rings (SSSR count). The number of tetrazole rings is 1. The van der Waals surface area contributed by atoms with Crippen LogP contribution in [-0.2, 0) is 18.3 Å². The van der Waals surface area contributed by atoms with Gasteiger partial charge in [-0.15, -0.1) is 32.9 Å². The fraction of sp³-hybridized carbons (Fsp3) is 0.389. The molecule has 1 aliphatic rings. The smallest absolute Gasteiger partial charge is 0.345 e. The van der Waals surface area contributed by atoms with Gasteiger partial charge >= 0.3 is 11.9 Å². The molecular formula is C18H18N4O4S2. The predicted molar refractivity (Wildman–Crippen MR) is 103 cm³/mol. The van der Waals surface area contributed by atoms with E-state index in [4.69, 9.17) is 0 Å². The van der Waals surface area contributed by atoms with Crippen molar-refractivity contribution in [3.8, 4) is 0 Å². The minimum Gasteiger partial charge on any atom is -0.477 e. The number of aromatic carboxylic acids is 2. The van der Waals surface area contributed by atoms with Crippen molar-refractivity contribution in [2.45, 2.75) is 38.5 Å². The number of aromatic nitrogens is 4. The number of fused-ring (bicyclic) bond motifs is 2. The molecule has 3 aromatic heterocycles. The van der Waals surface area contributed by atoms with Gasteiger partial charge in [-0.3, -0.25) is 0 Å². The van der Waals surface area contributed by atoms with E-state index in [1.54, 1.807) is 12.1 Å². The third kappa shape index (κ3) is 2.83. The van der Waals surface area contributed by atoms with Crippen molar-refractivity contribution in [1.29, 1.82) is 0 Å². The molecule has 0 amide bonds. The summed E-state index contributed by atoms with van der Waals surface area (Å²) in [5.74, 6) is -1.28. The van der Waals surface area contributed by atoms with Crippen LogP contribution in [0.2, 0.25) is 0 Å². The molecular weight excluding hydrogens is 400 g/mol. The molecule has 28 heavy (non-hydrogen) atoms. The van der Waals surface area contributed by atoms with Gasteiger partial charge in [0.25, 0.3) is 0 Å². The number of rotatable bonds is 5. The Labute approximate surface area is 168 Å². The van der Waals surface area contributed by atoms with E-state index < -0.39 is 17.4 Å². The van der Waals surface area contributed by atoms with E-state index in [0.29, 0.717) is 25.1 Å². The molecule has 10 heteroatoms. The summed E-state index contributed by atoms with van der Waals surface area (Å²) in [4.78, 5) is 25.8. The van der Waals surface area contributed by atoms with Gasteiger partial charge in [0.05, 0.1) is 5.41 Å². The second-order valence-corrected chi connectivity index (χ2v) is 9.52. The van der Waals surface area contributed by atoms with Crippen LogP contribution in [0.1, 0.15) is 66.3 Å². The van der Waals surface area contributed by atoms with E-state index in [9.17, 15) is 19.8 Å². The SMILES string of the molecule is CC(C)CC1(c2nn[nH]n2)c2cc(C(=O)O)sc2CCc2sc(C(=O)O)cc21. The maximum absolute atomic E-state index is 11.6. The summed E-state index contributed by atoms with van der Waals surface area (Å²) in [7, 11) is 0. The maximum atomic E-state index is 11.6. The Balaban J connectivity index is 2.08. The van der Waals surface area contributed by atoms with Crippen molar-refractivity contribution in [3.05, 3.63) is 48.6 Å². The fourth-order valence-corrected chi connectivity index (χ4v) is 6.19. The number of nitrogens with zero attached hydrogens (tertiary/aromatic N) is 3. The highest BCUT2D eigenvalue weighted by atomic mass is 32.1. The number of carboxylic acids is 2. The Morgan fingerprint density at radius 2 is 1.64 bits per heavy atom. The molecule has 0 saturated carbocycles. The normalized spacial score (nSPS) is 15.1. The molecule has 0 saturated heterocycles. The van der Waals surface area contributed by atoms with Crippen molar-refractivity contribution in [1.82, 2.24) is 20.6 Å². The Hall–Kier alpha value is -2.59. The molecule has 3 heterocycles. The van der Waals surface area contributed by atoms with Gasteiger partial charge < -0.3 is 10.2 Å². The summed E-state index contributed by atoms with van der Waals surface area (Å²) in [6.07, 6.45) is 1.91. The number of nitrogens with one attached hydrogen (secondary N) is 1. The Morgan fingerprint density at radius 3 is 2.04 bits per heavy atom. The highest BCUT2D eigenvalue weighted by molar-refractivity contribution is 7.14. The number of hydrogen-bond acceptors (Lipinski definition) is 7. The first-order valence-electron chi connectivity index (χ1n) is 8.79. The Kier molecular flexibility index (Phi) is 4.54. The second-order valence-electron chi connectivity index (χ2n) is 7.24. The lowest BCUT2D eigenvalue weighted by Gasteiger charge is -2.32. The number of aromatic amines is 1. The van der Waals surface area contributed by atoms with E-state index in [1.807, 2.05) is 0 Å². The van der Waals surface area contributed by atoms with Crippen LogP contribution in [0, 0.1) is 5.92 Å². The van der Waals surface area contributed by atoms with Crippen molar-refractivity contribution >= 4 is 34.6 Å². The Bertz CT molecular complexity index is 992. The number of H-pyrrole nitrogens is 1. The first-order valence-corrected chi connectivity index (χ1v) is 10.4. The van der Waals surface area contributed by atoms with Crippen molar-refractivity contribution in [2.24, 2.45) is 5.92 Å². The third-order valence-corrected chi connectivity index (χ3v) is 7.35. The second kappa shape index (κ2) is 6.78. The van der Waals surface area contributed by atoms with Crippen molar-refractivity contribution in [3.63, 3.8) is 0 Å². The van der Waals surface area contributed by atoms with Gasteiger partial charge in [-0.2, -0.15) is 5.21 Å². The van der Waals surface area contributed by atoms with Gasteiger partial charge in [-0.1, -0.05) is 19.1 Å². The summed E-state index contributed by atoms with van der Waals surface area (Å²) in [6, 6.07) is 3.41. The summed E-state index contributed by atoms with van der Waals surface area (Å²) < 4.78 is 0. The van der Waals surface area contributed by atoms with Crippen molar-refractivity contribution in [2.75, 3.05) is 0 Å². The van der Waals surface area contributed by atoms with Crippen LogP contribution in [0.3, 0.4) is 0 Å². The topological polar surface area (TPSA) is 129 Å². The minimum atomic E-state index is -0.971. The van der Waals surface area contributed by atoms with Crippen LogP contribution < -0.4 is 0 Å². The molecule has 0 aliphatic heterocycles. The zero-order valence-corrected chi connectivity index (χ0v) is 16.9. The molecule has 8 nitrogen and oxygen atoms in total. The molecule has 1 aliphatic carbocycles. The van der Waals surface area contributed by atoms with Crippen LogP contribution in [0.5, 0.6) is 0 Å². The van der Waals surface area contributed by atoms with Crippen LogP contribution in [-0.4, -0.2) is 42.8 Å². The number of carbonyl (C=O) groups is 2. The molecule has 0 spiro atoms. The number of aryl methyl sites for hydroxylation is 2.